The molecule has 0 radical (unpaired) electrons. The Bertz CT molecular complexity index is 1950. The highest BCUT2D eigenvalue weighted by atomic mass is 31.2. The number of carbonyl (C=O) groups is 4. The van der Waals surface area contributed by atoms with E-state index in [2.05, 4.69) is 72.8 Å². The molecule has 0 aromatic carbocycles. The lowest BCUT2D eigenvalue weighted by atomic mass is 10.0. The first-order chi connectivity index (χ1) is 45.7. The lowest BCUT2D eigenvalue weighted by Crippen LogP contribution is -2.30. The normalized spacial score (nSPS) is 14.2. The van der Waals surface area contributed by atoms with Gasteiger partial charge in [-0.3, -0.25) is 37.3 Å². The Morgan fingerprint density at radius 3 is 0.853 bits per heavy atom. The van der Waals surface area contributed by atoms with E-state index in [4.69, 9.17) is 37.0 Å². The average molecular weight is 1390 g/mol. The maximum absolute atomic E-state index is 13.1. The van der Waals surface area contributed by atoms with Crippen LogP contribution in [0.25, 0.3) is 0 Å². The first kappa shape index (κ1) is 92.5. The highest BCUT2D eigenvalue weighted by Crippen LogP contribution is 2.45. The zero-order valence-corrected chi connectivity index (χ0v) is 63.4. The highest BCUT2D eigenvalue weighted by Gasteiger charge is 2.30. The summed E-state index contributed by atoms with van der Waals surface area (Å²) in [5.41, 5.74) is 0. The summed E-state index contributed by atoms with van der Waals surface area (Å²) in [6.07, 6.45) is 55.0. The number of phosphoric ester groups is 2. The summed E-state index contributed by atoms with van der Waals surface area (Å²) in [6, 6.07) is 0. The Morgan fingerprint density at radius 2 is 0.568 bits per heavy atom. The first-order valence-electron chi connectivity index (χ1n) is 38.7. The first-order valence-corrected chi connectivity index (χ1v) is 41.7. The van der Waals surface area contributed by atoms with Gasteiger partial charge in [-0.15, -0.1) is 0 Å². The van der Waals surface area contributed by atoms with E-state index < -0.39 is 97.5 Å². The number of rotatable bonds is 72. The minimum atomic E-state index is -4.96. The van der Waals surface area contributed by atoms with Crippen LogP contribution in [0.15, 0.2) is 24.3 Å². The molecule has 3 N–H and O–H groups in total. The van der Waals surface area contributed by atoms with Gasteiger partial charge in [-0.05, 0) is 69.1 Å². The van der Waals surface area contributed by atoms with Crippen LogP contribution in [-0.4, -0.2) is 96.7 Å². The Labute approximate surface area is 580 Å². The van der Waals surface area contributed by atoms with Crippen molar-refractivity contribution in [3.05, 3.63) is 24.3 Å². The van der Waals surface area contributed by atoms with E-state index in [1.807, 2.05) is 0 Å². The van der Waals surface area contributed by atoms with Crippen LogP contribution in [0.5, 0.6) is 0 Å². The molecule has 0 spiro atoms. The van der Waals surface area contributed by atoms with Gasteiger partial charge in [0.15, 0.2) is 12.2 Å². The van der Waals surface area contributed by atoms with Crippen molar-refractivity contribution in [2.24, 2.45) is 17.8 Å². The molecule has 95 heavy (non-hydrogen) atoms. The minimum Gasteiger partial charge on any atom is -0.462 e. The molecule has 17 nitrogen and oxygen atoms in total. The third-order valence-electron chi connectivity index (χ3n) is 17.0. The van der Waals surface area contributed by atoms with Crippen LogP contribution in [0.1, 0.15) is 363 Å². The minimum absolute atomic E-state index is 0.0837. The van der Waals surface area contributed by atoms with E-state index in [0.29, 0.717) is 31.6 Å². The third kappa shape index (κ3) is 69.8. The van der Waals surface area contributed by atoms with Crippen molar-refractivity contribution in [1.82, 2.24) is 0 Å². The van der Waals surface area contributed by atoms with Crippen LogP contribution >= 0.6 is 15.6 Å². The largest absolute Gasteiger partial charge is 0.472 e. The molecule has 0 bridgehead atoms. The molecule has 560 valence electrons. The molecular formula is C76H144O17P2. The Balaban J connectivity index is 5.27. The number of carbonyl (C=O) groups excluding carboxylic acids is 4. The van der Waals surface area contributed by atoms with Crippen LogP contribution in [0.4, 0.5) is 0 Å². The molecular weight excluding hydrogens is 1250 g/mol. The summed E-state index contributed by atoms with van der Waals surface area (Å²) in [6.45, 7) is 11.8. The van der Waals surface area contributed by atoms with E-state index in [9.17, 15) is 43.2 Å². The molecule has 5 atom stereocenters. The topological polar surface area (TPSA) is 237 Å². The lowest BCUT2D eigenvalue weighted by Gasteiger charge is -2.21. The lowest BCUT2D eigenvalue weighted by molar-refractivity contribution is -0.161. The monoisotopic (exact) mass is 1390 g/mol. The molecule has 0 saturated heterocycles. The summed E-state index contributed by atoms with van der Waals surface area (Å²) in [5, 5.41) is 10.6. The Hall–Kier alpha value is -2.46. The summed E-state index contributed by atoms with van der Waals surface area (Å²) in [4.78, 5) is 72.8. The van der Waals surface area contributed by atoms with Gasteiger partial charge >= 0.3 is 39.5 Å². The number of phosphoric acid groups is 2. The summed E-state index contributed by atoms with van der Waals surface area (Å²) < 4.78 is 68.4. The molecule has 0 rings (SSSR count). The van der Waals surface area contributed by atoms with Gasteiger partial charge in [0.1, 0.15) is 19.3 Å². The van der Waals surface area contributed by atoms with Crippen LogP contribution < -0.4 is 0 Å². The maximum atomic E-state index is 13.1. The van der Waals surface area contributed by atoms with Gasteiger partial charge in [0.2, 0.25) is 0 Å². The van der Waals surface area contributed by atoms with Crippen LogP contribution in [0.3, 0.4) is 0 Å². The fourth-order valence-electron chi connectivity index (χ4n) is 11.1. The predicted molar refractivity (Wildman–Crippen MR) is 386 cm³/mol. The summed E-state index contributed by atoms with van der Waals surface area (Å²) in [7, 11) is -9.92. The van der Waals surface area contributed by atoms with Gasteiger partial charge in [-0.1, -0.05) is 310 Å². The molecule has 0 aliphatic rings. The number of allylic oxidation sites excluding steroid dienone is 4. The number of hydrogen-bond acceptors (Lipinski definition) is 15. The average Bonchev–Trinajstić information content (AvgIpc) is 1.36. The van der Waals surface area contributed by atoms with Crippen LogP contribution in [0, 0.1) is 17.8 Å². The number of esters is 4. The van der Waals surface area contributed by atoms with E-state index in [-0.39, 0.29) is 25.7 Å². The maximum Gasteiger partial charge on any atom is 0.472 e. The van der Waals surface area contributed by atoms with E-state index >= 15 is 0 Å². The van der Waals surface area contributed by atoms with Crippen molar-refractivity contribution in [2.75, 3.05) is 39.6 Å². The fraction of sp³-hybridized carbons (Fsp3) is 0.895. The zero-order chi connectivity index (χ0) is 70.1. The van der Waals surface area contributed by atoms with Gasteiger partial charge in [0.25, 0.3) is 0 Å². The molecule has 2 unspecified atom stereocenters. The predicted octanol–water partition coefficient (Wildman–Crippen LogP) is 21.7. The molecule has 0 saturated carbocycles. The van der Waals surface area contributed by atoms with Gasteiger partial charge in [-0.2, -0.15) is 0 Å². The molecule has 0 aromatic rings. The number of hydrogen-bond donors (Lipinski definition) is 3. The van der Waals surface area contributed by atoms with Crippen molar-refractivity contribution in [1.29, 1.82) is 0 Å². The Morgan fingerprint density at radius 1 is 0.326 bits per heavy atom. The molecule has 0 heterocycles. The second-order valence-corrected chi connectivity index (χ2v) is 31.0. The SMILES string of the molecule is CCCCCC/C=C\C=C/CCCCCCCC(=O)O[C@H](COC(=O)CCCCCCCCC(C)C)COP(=O)(O)OC[C@H](O)COP(=O)(O)OC[C@@H](COC(=O)CCCCCCCCCCCCCC(C)C)OC(=O)CCCCCCCCCCCCCCCCC(C)C. The van der Waals surface area contributed by atoms with Gasteiger partial charge in [0, 0.05) is 25.7 Å². The Kier molecular flexibility index (Phi) is 64.4. The molecule has 0 fully saturated rings. The molecule has 0 amide bonds. The van der Waals surface area contributed by atoms with Gasteiger partial charge < -0.3 is 33.8 Å². The van der Waals surface area contributed by atoms with Crippen molar-refractivity contribution in [3.63, 3.8) is 0 Å². The number of unbranched alkanes of at least 4 members (excludes halogenated alkanes) is 37. The van der Waals surface area contributed by atoms with Gasteiger partial charge in [0.05, 0.1) is 26.4 Å². The van der Waals surface area contributed by atoms with Crippen molar-refractivity contribution < 1.29 is 80.2 Å². The van der Waals surface area contributed by atoms with Crippen molar-refractivity contribution >= 4 is 39.5 Å². The second kappa shape index (κ2) is 66.1. The summed E-state index contributed by atoms with van der Waals surface area (Å²) in [5.74, 6) is 0.0890. The van der Waals surface area contributed by atoms with E-state index in [1.54, 1.807) is 0 Å². The van der Waals surface area contributed by atoms with E-state index in [1.165, 1.54) is 154 Å². The van der Waals surface area contributed by atoms with E-state index in [0.717, 1.165) is 121 Å². The molecule has 0 aliphatic carbocycles. The van der Waals surface area contributed by atoms with Crippen molar-refractivity contribution in [3.8, 4) is 0 Å². The van der Waals surface area contributed by atoms with Gasteiger partial charge in [-0.25, -0.2) is 9.13 Å². The summed E-state index contributed by atoms with van der Waals surface area (Å²) >= 11 is 0. The fourth-order valence-corrected chi connectivity index (χ4v) is 12.6. The molecule has 0 aliphatic heterocycles. The third-order valence-corrected chi connectivity index (χ3v) is 18.9. The smallest absolute Gasteiger partial charge is 0.462 e. The molecule has 19 heteroatoms. The second-order valence-electron chi connectivity index (χ2n) is 28.1. The van der Waals surface area contributed by atoms with Crippen molar-refractivity contribution in [2.45, 2.75) is 381 Å². The standard InChI is InChI=1S/C76H144O17P2/c1-8-9-10-11-12-13-14-15-16-20-25-31-36-45-52-60-76(81)93-72(64-87-74(79)58-51-44-39-38-42-49-56-69(6)7)66-91-95(84,85)89-62-70(77)61-88-94(82,83)90-65-71(63-86-73(78)57-50-43-35-30-27-22-24-29-34-41-48-55-68(4)5)92-75(80)59-53-46-37-32-26-21-18-17-19-23-28-33-40-47-54-67(2)3/h13-16,67-72,77H,8-12,17-66H2,1-7H3,(H,82,83)(H,84,85)/b14-13-,16-15-/t70-,71-,72-/m1/s1. The number of aliphatic hydroxyl groups is 1. The number of ether oxygens (including phenoxy) is 4. The number of aliphatic hydroxyl groups excluding tert-OH is 1. The zero-order valence-electron chi connectivity index (χ0n) is 61.6. The van der Waals surface area contributed by atoms with Crippen LogP contribution in [-0.2, 0) is 65.4 Å². The quantitative estimate of drug-likeness (QED) is 0.0169. The molecule has 0 aromatic heterocycles. The van der Waals surface area contributed by atoms with Crippen LogP contribution in [0.2, 0.25) is 0 Å². The highest BCUT2D eigenvalue weighted by molar-refractivity contribution is 7.47.